The molecular weight excluding hydrogens is 402 g/mol. The van der Waals surface area contributed by atoms with E-state index in [0.29, 0.717) is 0 Å². The van der Waals surface area contributed by atoms with Gasteiger partial charge in [-0.1, -0.05) is 82.6 Å². The van der Waals surface area contributed by atoms with Gasteiger partial charge in [0.05, 0.1) is 0 Å². The van der Waals surface area contributed by atoms with E-state index in [2.05, 4.69) is 19.1 Å². The molecule has 0 saturated carbocycles. The van der Waals surface area contributed by atoms with Gasteiger partial charge in [-0.05, 0) is 56.2 Å². The second-order valence-corrected chi connectivity index (χ2v) is 8.60. The first kappa shape index (κ1) is 27.9. The molecule has 1 aromatic rings. The van der Waals surface area contributed by atoms with Crippen molar-refractivity contribution in [3.8, 4) is 5.75 Å². The molecule has 0 unspecified atom stereocenters. The number of rotatable bonds is 18. The Hall–Kier alpha value is -2.14. The minimum absolute atomic E-state index is 0.153. The van der Waals surface area contributed by atoms with Crippen LogP contribution in [0, 0.1) is 0 Å². The number of allylic oxidation sites excluding steroid dienone is 2. The van der Waals surface area contributed by atoms with Crippen molar-refractivity contribution in [2.45, 2.75) is 109 Å². The highest BCUT2D eigenvalue weighted by molar-refractivity contribution is 5.88. The summed E-state index contributed by atoms with van der Waals surface area (Å²) in [6.45, 7) is 2.25. The van der Waals surface area contributed by atoms with E-state index < -0.39 is 18.0 Å². The van der Waals surface area contributed by atoms with Crippen LogP contribution in [0.2, 0.25) is 0 Å². The van der Waals surface area contributed by atoms with Crippen molar-refractivity contribution in [1.82, 2.24) is 0 Å². The van der Waals surface area contributed by atoms with Gasteiger partial charge in [0.15, 0.2) is 0 Å². The van der Waals surface area contributed by atoms with E-state index >= 15 is 0 Å². The molecular formula is C27H43NO4. The predicted molar refractivity (Wildman–Crippen MR) is 130 cm³/mol. The Labute approximate surface area is 194 Å². The number of benzene rings is 1. The summed E-state index contributed by atoms with van der Waals surface area (Å²) in [6.07, 6.45) is 20.7. The number of carbonyl (C=O) groups excluding carboxylic acids is 2. The summed E-state index contributed by atoms with van der Waals surface area (Å²) in [5.41, 5.74) is 6.63. The van der Waals surface area contributed by atoms with Gasteiger partial charge in [0.2, 0.25) is 0 Å². The Morgan fingerprint density at radius 3 is 2.00 bits per heavy atom. The third-order valence-corrected chi connectivity index (χ3v) is 5.55. The quantitative estimate of drug-likeness (QED) is 0.119. The van der Waals surface area contributed by atoms with Gasteiger partial charge in [0.1, 0.15) is 11.8 Å². The first-order valence-corrected chi connectivity index (χ1v) is 12.5. The van der Waals surface area contributed by atoms with Gasteiger partial charge in [-0.25, -0.2) is 4.79 Å². The number of unbranched alkanes of at least 4 members (excludes halogenated alkanes) is 11. The van der Waals surface area contributed by atoms with Crippen molar-refractivity contribution in [3.05, 3.63) is 42.0 Å². The molecule has 0 bridgehead atoms. The van der Waals surface area contributed by atoms with E-state index in [9.17, 15) is 14.7 Å². The largest absolute Gasteiger partial charge is 0.508 e. The van der Waals surface area contributed by atoms with Crippen LogP contribution in [-0.2, 0) is 20.7 Å². The normalized spacial score (nSPS) is 12.2. The van der Waals surface area contributed by atoms with Gasteiger partial charge in [-0.3, -0.25) is 4.79 Å². The highest BCUT2D eigenvalue weighted by Gasteiger charge is 2.19. The van der Waals surface area contributed by atoms with Gasteiger partial charge in [-0.2, -0.15) is 0 Å². The number of carbonyl (C=O) groups is 2. The van der Waals surface area contributed by atoms with E-state index in [1.807, 2.05) is 0 Å². The third-order valence-electron chi connectivity index (χ3n) is 5.55. The molecule has 0 aromatic heterocycles. The number of phenolic OH excluding ortho intramolecular Hbond substituents is 1. The Balaban J connectivity index is 1.97. The lowest BCUT2D eigenvalue weighted by atomic mass is 10.1. The second kappa shape index (κ2) is 18.4. The molecule has 0 heterocycles. The molecule has 1 atom stereocenters. The smallest absolute Gasteiger partial charge is 0.330 e. The lowest BCUT2D eigenvalue weighted by molar-refractivity contribution is -0.160. The number of ether oxygens (including phenoxy) is 1. The Bertz CT molecular complexity index is 654. The average Bonchev–Trinajstić information content (AvgIpc) is 2.77. The molecule has 0 amide bonds. The molecule has 1 aromatic carbocycles. The van der Waals surface area contributed by atoms with Crippen molar-refractivity contribution >= 4 is 11.9 Å². The molecule has 0 fully saturated rings. The zero-order valence-electron chi connectivity index (χ0n) is 19.9. The summed E-state index contributed by atoms with van der Waals surface area (Å²) in [7, 11) is 0. The highest BCUT2D eigenvalue weighted by atomic mass is 16.6. The van der Waals surface area contributed by atoms with E-state index in [1.165, 1.54) is 63.5 Å². The molecule has 0 aliphatic rings. The van der Waals surface area contributed by atoms with Crippen molar-refractivity contribution in [1.29, 1.82) is 0 Å². The van der Waals surface area contributed by atoms with E-state index in [1.54, 1.807) is 12.1 Å². The molecule has 5 nitrogen and oxygen atoms in total. The molecule has 0 aliphatic heterocycles. The molecule has 5 heteroatoms. The van der Waals surface area contributed by atoms with Crippen LogP contribution in [0.15, 0.2) is 36.4 Å². The first-order chi connectivity index (χ1) is 15.5. The van der Waals surface area contributed by atoms with Gasteiger partial charge in [0.25, 0.3) is 0 Å². The molecule has 0 aliphatic carbocycles. The lowest BCUT2D eigenvalue weighted by Gasteiger charge is -2.10. The van der Waals surface area contributed by atoms with Crippen molar-refractivity contribution in [2.24, 2.45) is 5.73 Å². The van der Waals surface area contributed by atoms with Crippen LogP contribution in [0.25, 0.3) is 0 Å². The third kappa shape index (κ3) is 14.8. The van der Waals surface area contributed by atoms with Crippen LogP contribution in [-0.4, -0.2) is 23.1 Å². The zero-order chi connectivity index (χ0) is 23.4. The van der Waals surface area contributed by atoms with Gasteiger partial charge in [0, 0.05) is 6.42 Å². The highest BCUT2D eigenvalue weighted by Crippen LogP contribution is 2.12. The second-order valence-electron chi connectivity index (χ2n) is 8.60. The van der Waals surface area contributed by atoms with E-state index in [4.69, 9.17) is 10.5 Å². The molecule has 3 N–H and O–H groups in total. The Kier molecular flexibility index (Phi) is 16.1. The van der Waals surface area contributed by atoms with E-state index in [0.717, 1.165) is 37.7 Å². The molecule has 0 radical (unpaired) electrons. The number of phenols is 1. The zero-order valence-corrected chi connectivity index (χ0v) is 19.9. The minimum atomic E-state index is -0.891. The summed E-state index contributed by atoms with van der Waals surface area (Å²) >= 11 is 0. The summed E-state index contributed by atoms with van der Waals surface area (Å²) in [4.78, 5) is 23.8. The monoisotopic (exact) mass is 445 g/mol. The van der Waals surface area contributed by atoms with Crippen LogP contribution in [0.4, 0.5) is 0 Å². The topological polar surface area (TPSA) is 89.6 Å². The fraction of sp³-hybridized carbons (Fsp3) is 0.630. The van der Waals surface area contributed by atoms with Gasteiger partial charge < -0.3 is 15.6 Å². The average molecular weight is 446 g/mol. The van der Waals surface area contributed by atoms with Crippen molar-refractivity contribution in [3.63, 3.8) is 0 Å². The standard InChI is InChI=1S/C27H43NO4/c1-2-3-4-5-6-7-8-9-10-11-12-13-14-15-16-17-26(30)32-27(31)25(28)22-23-18-20-24(29)21-19-23/h9-10,18-21,25,29H,2-8,11-17,22,28H2,1H3/b10-9-/t25-/m0/s1. The molecule has 1 rings (SSSR count). The SMILES string of the molecule is CCCCCCCC/C=C\CCCCCCCC(=O)OC(=O)[C@@H](N)Cc1ccc(O)cc1. The first-order valence-electron chi connectivity index (χ1n) is 12.5. The summed E-state index contributed by atoms with van der Waals surface area (Å²) in [5, 5.41) is 9.28. The van der Waals surface area contributed by atoms with Gasteiger partial charge >= 0.3 is 11.9 Å². The van der Waals surface area contributed by atoms with Gasteiger partial charge in [-0.15, -0.1) is 0 Å². The number of nitrogens with two attached hydrogens (primary N) is 1. The van der Waals surface area contributed by atoms with Crippen molar-refractivity contribution < 1.29 is 19.4 Å². The Morgan fingerprint density at radius 1 is 0.875 bits per heavy atom. The molecule has 0 spiro atoms. The molecule has 180 valence electrons. The summed E-state index contributed by atoms with van der Waals surface area (Å²) < 4.78 is 4.87. The van der Waals surface area contributed by atoms with Crippen LogP contribution in [0.5, 0.6) is 5.75 Å². The van der Waals surface area contributed by atoms with Crippen molar-refractivity contribution in [2.75, 3.05) is 0 Å². The number of hydrogen-bond acceptors (Lipinski definition) is 5. The maximum absolute atomic E-state index is 12.0. The Morgan fingerprint density at radius 2 is 1.41 bits per heavy atom. The fourth-order valence-corrected chi connectivity index (χ4v) is 3.55. The summed E-state index contributed by atoms with van der Waals surface area (Å²) in [5.74, 6) is -1.05. The number of esters is 2. The maximum Gasteiger partial charge on any atom is 0.330 e. The number of hydrogen-bond donors (Lipinski definition) is 2. The van der Waals surface area contributed by atoms with Crippen LogP contribution < -0.4 is 5.73 Å². The fourth-order valence-electron chi connectivity index (χ4n) is 3.55. The minimum Gasteiger partial charge on any atom is -0.508 e. The van der Waals surface area contributed by atoms with Crippen LogP contribution in [0.1, 0.15) is 102 Å². The molecule has 32 heavy (non-hydrogen) atoms. The lowest BCUT2D eigenvalue weighted by Crippen LogP contribution is -2.35. The molecule has 0 saturated heterocycles. The predicted octanol–water partition coefficient (Wildman–Crippen LogP) is 6.37. The number of aromatic hydroxyl groups is 1. The maximum atomic E-state index is 12.0. The van der Waals surface area contributed by atoms with Crippen LogP contribution in [0.3, 0.4) is 0 Å². The van der Waals surface area contributed by atoms with E-state index in [-0.39, 0.29) is 18.6 Å². The van der Waals surface area contributed by atoms with Crippen LogP contribution >= 0.6 is 0 Å². The summed E-state index contributed by atoms with van der Waals surface area (Å²) in [6, 6.07) is 5.56.